The minimum atomic E-state index is -2.18. The second kappa shape index (κ2) is 4.79. The highest BCUT2D eigenvalue weighted by Crippen LogP contribution is 2.30. The Morgan fingerprint density at radius 1 is 0.850 bits per heavy atom. The number of ether oxygens (including phenoxy) is 2. The summed E-state index contributed by atoms with van der Waals surface area (Å²) in [5.41, 5.74) is 13.0. The zero-order valence-electron chi connectivity index (χ0n) is 10.9. The molecule has 1 aliphatic rings. The normalized spacial score (nSPS) is 13.3. The van der Waals surface area contributed by atoms with Gasteiger partial charge in [-0.2, -0.15) is 0 Å². The minimum Gasteiger partial charge on any atom is -0.457 e. The summed E-state index contributed by atoms with van der Waals surface area (Å²) in [5.74, 6) is 1.85. The van der Waals surface area contributed by atoms with Crippen molar-refractivity contribution in [1.82, 2.24) is 0 Å². The summed E-state index contributed by atoms with van der Waals surface area (Å²) in [6.45, 7) is 0. The molecule has 0 heterocycles. The quantitative estimate of drug-likeness (QED) is 0.733. The molecule has 1 aliphatic carbocycles. The van der Waals surface area contributed by atoms with Gasteiger partial charge in [-0.25, -0.2) is 0 Å². The van der Waals surface area contributed by atoms with Gasteiger partial charge in [-0.05, 0) is 60.4 Å². The Morgan fingerprint density at radius 3 is 2.00 bits per heavy atom. The van der Waals surface area contributed by atoms with Crippen LogP contribution in [0.2, 0.25) is 0 Å². The van der Waals surface area contributed by atoms with E-state index in [2.05, 4.69) is 12.1 Å². The number of rotatable bonds is 4. The molecular weight excluding hydrogens is 256 g/mol. The van der Waals surface area contributed by atoms with Crippen molar-refractivity contribution in [3.8, 4) is 17.2 Å². The van der Waals surface area contributed by atoms with Crippen molar-refractivity contribution < 1.29 is 14.6 Å². The van der Waals surface area contributed by atoms with Crippen LogP contribution in [0.25, 0.3) is 0 Å². The Kier molecular flexibility index (Phi) is 3.10. The summed E-state index contributed by atoms with van der Waals surface area (Å²) >= 11 is 0. The molecule has 5 nitrogen and oxygen atoms in total. The predicted octanol–water partition coefficient (Wildman–Crippen LogP) is 1.48. The number of fused-ring (bicyclic) bond motifs is 1. The van der Waals surface area contributed by atoms with Gasteiger partial charge < -0.3 is 14.6 Å². The van der Waals surface area contributed by atoms with E-state index in [0.29, 0.717) is 11.5 Å². The molecule has 0 unspecified atom stereocenters. The van der Waals surface area contributed by atoms with E-state index < -0.39 is 6.03 Å². The standard InChI is InChI=1S/C15H16N2O3/c16-15(17,18)20-13-7-5-12(6-8-13)19-14-4-3-10-1-2-11(10)9-14/h3-9,18H,1-2,16-17H2. The van der Waals surface area contributed by atoms with Crippen LogP contribution in [0.1, 0.15) is 11.1 Å². The van der Waals surface area contributed by atoms with Crippen LogP contribution in [0.3, 0.4) is 0 Å². The van der Waals surface area contributed by atoms with Crippen LogP contribution in [-0.4, -0.2) is 11.1 Å². The van der Waals surface area contributed by atoms with Crippen LogP contribution in [0, 0.1) is 0 Å². The molecule has 0 bridgehead atoms. The summed E-state index contributed by atoms with van der Waals surface area (Å²) in [7, 11) is 0. The van der Waals surface area contributed by atoms with Gasteiger partial charge in [0.05, 0.1) is 0 Å². The number of benzene rings is 2. The average molecular weight is 272 g/mol. The van der Waals surface area contributed by atoms with E-state index >= 15 is 0 Å². The number of hydrogen-bond acceptors (Lipinski definition) is 5. The maximum atomic E-state index is 9.14. The molecule has 5 heteroatoms. The molecule has 0 amide bonds. The lowest BCUT2D eigenvalue weighted by molar-refractivity contribution is -0.126. The lowest BCUT2D eigenvalue weighted by Gasteiger charge is -2.20. The van der Waals surface area contributed by atoms with E-state index in [9.17, 15) is 0 Å². The summed E-state index contributed by atoms with van der Waals surface area (Å²) < 4.78 is 10.7. The Morgan fingerprint density at radius 2 is 1.45 bits per heavy atom. The van der Waals surface area contributed by atoms with Gasteiger partial charge in [-0.3, -0.25) is 11.5 Å². The summed E-state index contributed by atoms with van der Waals surface area (Å²) in [6, 6.07) is 10.6. The Hall–Kier alpha value is -2.08. The average Bonchev–Trinajstić information content (AvgIpc) is 2.33. The van der Waals surface area contributed by atoms with Gasteiger partial charge in [0, 0.05) is 0 Å². The molecule has 0 radical (unpaired) electrons. The Bertz CT molecular complexity index is 618. The lowest BCUT2D eigenvalue weighted by Crippen LogP contribution is -2.54. The predicted molar refractivity (Wildman–Crippen MR) is 74.3 cm³/mol. The monoisotopic (exact) mass is 272 g/mol. The molecular formula is C15H16N2O3. The van der Waals surface area contributed by atoms with Gasteiger partial charge in [-0.1, -0.05) is 6.07 Å². The van der Waals surface area contributed by atoms with Crippen molar-refractivity contribution in [2.24, 2.45) is 11.5 Å². The summed E-state index contributed by atoms with van der Waals surface area (Å²) in [4.78, 5) is 0. The van der Waals surface area contributed by atoms with Gasteiger partial charge >= 0.3 is 6.03 Å². The molecule has 2 aromatic carbocycles. The first-order valence-electron chi connectivity index (χ1n) is 6.38. The molecule has 3 rings (SSSR count). The van der Waals surface area contributed by atoms with Crippen LogP contribution in [0.5, 0.6) is 17.2 Å². The van der Waals surface area contributed by atoms with E-state index in [-0.39, 0.29) is 0 Å². The topological polar surface area (TPSA) is 90.7 Å². The molecule has 0 fully saturated rings. The lowest BCUT2D eigenvalue weighted by atomic mass is 9.89. The number of aliphatic hydroxyl groups is 1. The van der Waals surface area contributed by atoms with Crippen LogP contribution in [0.4, 0.5) is 0 Å². The minimum absolute atomic E-state index is 0.363. The van der Waals surface area contributed by atoms with E-state index in [4.69, 9.17) is 26.0 Å². The fourth-order valence-electron chi connectivity index (χ4n) is 2.14. The molecule has 0 saturated carbocycles. The summed E-state index contributed by atoms with van der Waals surface area (Å²) in [6.07, 6.45) is 2.27. The van der Waals surface area contributed by atoms with E-state index in [1.807, 2.05) is 6.07 Å². The van der Waals surface area contributed by atoms with E-state index in [1.165, 1.54) is 11.1 Å². The summed E-state index contributed by atoms with van der Waals surface area (Å²) in [5, 5.41) is 9.14. The second-order valence-electron chi connectivity index (χ2n) is 4.86. The molecule has 0 aliphatic heterocycles. The smallest absolute Gasteiger partial charge is 0.328 e. The highest BCUT2D eigenvalue weighted by molar-refractivity contribution is 5.43. The molecule has 0 saturated heterocycles. The number of aryl methyl sites for hydroxylation is 2. The molecule has 104 valence electrons. The van der Waals surface area contributed by atoms with E-state index in [1.54, 1.807) is 24.3 Å². The highest BCUT2D eigenvalue weighted by atomic mass is 16.7. The van der Waals surface area contributed by atoms with Crippen molar-refractivity contribution in [2.75, 3.05) is 0 Å². The molecule has 5 N–H and O–H groups in total. The highest BCUT2D eigenvalue weighted by Gasteiger charge is 2.16. The molecule has 0 atom stereocenters. The van der Waals surface area contributed by atoms with Gasteiger partial charge in [0.25, 0.3) is 0 Å². The Labute approximate surface area is 116 Å². The van der Waals surface area contributed by atoms with Gasteiger partial charge in [0.15, 0.2) is 0 Å². The van der Waals surface area contributed by atoms with Crippen molar-refractivity contribution in [1.29, 1.82) is 0 Å². The first kappa shape index (κ1) is 12.9. The molecule has 0 spiro atoms. The molecule has 0 aromatic heterocycles. The van der Waals surface area contributed by atoms with Crippen molar-refractivity contribution in [2.45, 2.75) is 18.9 Å². The molecule has 20 heavy (non-hydrogen) atoms. The fraction of sp³-hybridized carbons (Fsp3) is 0.200. The largest absolute Gasteiger partial charge is 0.457 e. The van der Waals surface area contributed by atoms with Gasteiger partial charge in [0.1, 0.15) is 17.2 Å². The molecule has 2 aromatic rings. The van der Waals surface area contributed by atoms with Crippen molar-refractivity contribution in [3.63, 3.8) is 0 Å². The van der Waals surface area contributed by atoms with Gasteiger partial charge in [-0.15, -0.1) is 0 Å². The maximum absolute atomic E-state index is 9.14. The SMILES string of the molecule is NC(N)(O)Oc1ccc(Oc2ccc3c(c2)CC3)cc1. The Balaban J connectivity index is 1.70. The van der Waals surface area contributed by atoms with Gasteiger partial charge in [0.2, 0.25) is 0 Å². The third kappa shape index (κ3) is 2.91. The van der Waals surface area contributed by atoms with Crippen LogP contribution in [-0.2, 0) is 12.8 Å². The number of nitrogens with two attached hydrogens (primary N) is 2. The zero-order chi connectivity index (χ0) is 14.2. The van der Waals surface area contributed by atoms with Crippen LogP contribution in [0.15, 0.2) is 42.5 Å². The maximum Gasteiger partial charge on any atom is 0.328 e. The van der Waals surface area contributed by atoms with Crippen molar-refractivity contribution in [3.05, 3.63) is 53.6 Å². The van der Waals surface area contributed by atoms with Crippen molar-refractivity contribution >= 4 is 0 Å². The third-order valence-corrected chi connectivity index (χ3v) is 3.18. The zero-order valence-corrected chi connectivity index (χ0v) is 10.9. The first-order chi connectivity index (χ1) is 9.49. The third-order valence-electron chi connectivity index (χ3n) is 3.18. The van der Waals surface area contributed by atoms with E-state index in [0.717, 1.165) is 18.6 Å². The number of hydrogen-bond donors (Lipinski definition) is 3. The second-order valence-corrected chi connectivity index (χ2v) is 4.86. The van der Waals surface area contributed by atoms with Crippen LogP contribution >= 0.6 is 0 Å². The van der Waals surface area contributed by atoms with Crippen LogP contribution < -0.4 is 20.9 Å². The first-order valence-corrected chi connectivity index (χ1v) is 6.38. The fourth-order valence-corrected chi connectivity index (χ4v) is 2.14.